The minimum absolute atomic E-state index is 0.0503. The van der Waals surface area contributed by atoms with E-state index in [1.165, 1.54) is 0 Å². The molecule has 1 rings (SSSR count). The molecular formula is C14H22N4O. The molecule has 5 nitrogen and oxygen atoms in total. The van der Waals surface area contributed by atoms with E-state index in [-0.39, 0.29) is 17.8 Å². The number of nitrogen functional groups attached to an aromatic ring is 1. The van der Waals surface area contributed by atoms with Crippen LogP contribution < -0.4 is 16.8 Å². The standard InChI is InChI=1S/C14H22N4O/c1-9(2)7-12(14(17)19)18-8-10-3-5-11(6-4-10)13(15)16/h3-6,9,12,18H,7-8H2,1-2H3,(H3,15,16)(H2,17,19)/t12-/m0/s1. The van der Waals surface area contributed by atoms with Crippen LogP contribution in [0.25, 0.3) is 0 Å². The molecule has 1 aromatic carbocycles. The number of carbonyl (C=O) groups excluding carboxylic acids is 1. The maximum atomic E-state index is 11.3. The Labute approximate surface area is 113 Å². The van der Waals surface area contributed by atoms with E-state index in [1.807, 2.05) is 12.1 Å². The first-order valence-corrected chi connectivity index (χ1v) is 6.36. The third-order valence-corrected chi connectivity index (χ3v) is 2.87. The molecule has 0 heterocycles. The van der Waals surface area contributed by atoms with Gasteiger partial charge in [-0.05, 0) is 17.9 Å². The summed E-state index contributed by atoms with van der Waals surface area (Å²) < 4.78 is 0. The highest BCUT2D eigenvalue weighted by atomic mass is 16.1. The molecule has 0 unspecified atom stereocenters. The Morgan fingerprint density at radius 1 is 1.26 bits per heavy atom. The highest BCUT2D eigenvalue weighted by molar-refractivity contribution is 5.94. The van der Waals surface area contributed by atoms with Crippen LogP contribution in [0.4, 0.5) is 0 Å². The molecule has 0 bridgehead atoms. The van der Waals surface area contributed by atoms with Crippen molar-refractivity contribution < 1.29 is 4.79 Å². The summed E-state index contributed by atoms with van der Waals surface area (Å²) in [6.45, 7) is 4.68. The van der Waals surface area contributed by atoms with Crippen LogP contribution in [0.2, 0.25) is 0 Å². The van der Waals surface area contributed by atoms with Crippen LogP contribution in [0, 0.1) is 11.3 Å². The van der Waals surface area contributed by atoms with Gasteiger partial charge >= 0.3 is 0 Å². The number of hydrogen-bond donors (Lipinski definition) is 4. The molecule has 104 valence electrons. The van der Waals surface area contributed by atoms with Crippen LogP contribution in [0.5, 0.6) is 0 Å². The monoisotopic (exact) mass is 262 g/mol. The van der Waals surface area contributed by atoms with Gasteiger partial charge in [0.15, 0.2) is 0 Å². The van der Waals surface area contributed by atoms with Crippen LogP contribution >= 0.6 is 0 Å². The Morgan fingerprint density at radius 3 is 2.26 bits per heavy atom. The number of nitrogens with one attached hydrogen (secondary N) is 2. The summed E-state index contributed by atoms with van der Waals surface area (Å²) >= 11 is 0. The Morgan fingerprint density at radius 2 is 1.84 bits per heavy atom. The van der Waals surface area contributed by atoms with Gasteiger partial charge in [0.1, 0.15) is 5.84 Å². The Kier molecular flexibility index (Phi) is 5.51. The van der Waals surface area contributed by atoms with E-state index in [9.17, 15) is 4.79 Å². The fraction of sp³-hybridized carbons (Fsp3) is 0.429. The van der Waals surface area contributed by atoms with Crippen LogP contribution in [0.3, 0.4) is 0 Å². The molecule has 1 atom stereocenters. The molecule has 0 fully saturated rings. The maximum absolute atomic E-state index is 11.3. The van der Waals surface area contributed by atoms with Crippen molar-refractivity contribution in [3.05, 3.63) is 35.4 Å². The number of nitrogens with two attached hydrogens (primary N) is 2. The summed E-state index contributed by atoms with van der Waals surface area (Å²) in [7, 11) is 0. The predicted octanol–water partition coefficient (Wildman–Crippen LogP) is 0.960. The second-order valence-corrected chi connectivity index (χ2v) is 5.08. The number of primary amides is 1. The Balaban J connectivity index is 2.59. The third kappa shape index (κ3) is 5.09. The SMILES string of the molecule is CC(C)C[C@H](NCc1ccc(C(=N)N)cc1)C(N)=O. The van der Waals surface area contributed by atoms with Crippen molar-refractivity contribution in [2.75, 3.05) is 0 Å². The van der Waals surface area contributed by atoms with Gasteiger partial charge in [-0.3, -0.25) is 10.2 Å². The quantitative estimate of drug-likeness (QED) is 0.434. The van der Waals surface area contributed by atoms with Crippen molar-refractivity contribution >= 4 is 11.7 Å². The van der Waals surface area contributed by atoms with E-state index in [0.717, 1.165) is 12.0 Å². The Bertz CT molecular complexity index is 439. The largest absolute Gasteiger partial charge is 0.384 e. The zero-order valence-corrected chi connectivity index (χ0v) is 11.4. The minimum Gasteiger partial charge on any atom is -0.384 e. The molecule has 19 heavy (non-hydrogen) atoms. The van der Waals surface area contributed by atoms with E-state index in [4.69, 9.17) is 16.9 Å². The van der Waals surface area contributed by atoms with Crippen LogP contribution in [0.1, 0.15) is 31.4 Å². The third-order valence-electron chi connectivity index (χ3n) is 2.87. The lowest BCUT2D eigenvalue weighted by Crippen LogP contribution is -2.41. The zero-order chi connectivity index (χ0) is 14.4. The molecule has 0 aliphatic heterocycles. The molecule has 1 amide bonds. The molecule has 0 aliphatic rings. The van der Waals surface area contributed by atoms with Crippen LogP contribution in [-0.4, -0.2) is 17.8 Å². The summed E-state index contributed by atoms with van der Waals surface area (Å²) in [5.74, 6) is 0.133. The summed E-state index contributed by atoms with van der Waals surface area (Å²) in [6, 6.07) is 7.05. The van der Waals surface area contributed by atoms with Gasteiger partial charge in [0, 0.05) is 12.1 Å². The average Bonchev–Trinajstić information content (AvgIpc) is 2.34. The molecule has 0 saturated heterocycles. The van der Waals surface area contributed by atoms with Crippen LogP contribution in [0.15, 0.2) is 24.3 Å². The molecule has 5 heteroatoms. The van der Waals surface area contributed by atoms with Crippen molar-refractivity contribution in [3.63, 3.8) is 0 Å². The topological polar surface area (TPSA) is 105 Å². The first-order valence-electron chi connectivity index (χ1n) is 6.36. The molecule has 6 N–H and O–H groups in total. The molecule has 0 aromatic heterocycles. The summed E-state index contributed by atoms with van der Waals surface area (Å²) in [4.78, 5) is 11.3. The van der Waals surface area contributed by atoms with Gasteiger partial charge in [0.2, 0.25) is 5.91 Å². The number of benzene rings is 1. The second kappa shape index (κ2) is 6.89. The van der Waals surface area contributed by atoms with E-state index >= 15 is 0 Å². The first kappa shape index (κ1) is 15.2. The average molecular weight is 262 g/mol. The fourth-order valence-corrected chi connectivity index (χ4v) is 1.81. The molecule has 0 saturated carbocycles. The highest BCUT2D eigenvalue weighted by Gasteiger charge is 2.15. The van der Waals surface area contributed by atoms with Crippen molar-refractivity contribution in [2.45, 2.75) is 32.9 Å². The highest BCUT2D eigenvalue weighted by Crippen LogP contribution is 2.07. The molecular weight excluding hydrogens is 240 g/mol. The number of rotatable bonds is 7. The minimum atomic E-state index is -0.325. The normalized spacial score (nSPS) is 12.4. The lowest BCUT2D eigenvalue weighted by molar-refractivity contribution is -0.120. The lowest BCUT2D eigenvalue weighted by atomic mass is 10.0. The van der Waals surface area contributed by atoms with E-state index in [1.54, 1.807) is 12.1 Å². The van der Waals surface area contributed by atoms with Crippen LogP contribution in [-0.2, 0) is 11.3 Å². The molecule has 0 aliphatic carbocycles. The summed E-state index contributed by atoms with van der Waals surface area (Å²) in [5, 5.41) is 10.5. The van der Waals surface area contributed by atoms with Crippen molar-refractivity contribution in [1.82, 2.24) is 5.32 Å². The summed E-state index contributed by atoms with van der Waals surface area (Å²) in [5.41, 5.74) is 12.5. The van der Waals surface area contributed by atoms with Gasteiger partial charge in [-0.25, -0.2) is 0 Å². The van der Waals surface area contributed by atoms with E-state index < -0.39 is 0 Å². The zero-order valence-electron chi connectivity index (χ0n) is 11.4. The van der Waals surface area contributed by atoms with Gasteiger partial charge in [0.25, 0.3) is 0 Å². The number of amidine groups is 1. The van der Waals surface area contributed by atoms with Crippen molar-refractivity contribution in [1.29, 1.82) is 5.41 Å². The number of carbonyl (C=O) groups is 1. The molecule has 0 spiro atoms. The van der Waals surface area contributed by atoms with Crippen molar-refractivity contribution in [3.8, 4) is 0 Å². The first-order chi connectivity index (χ1) is 8.90. The summed E-state index contributed by atoms with van der Waals surface area (Å²) in [6.07, 6.45) is 0.723. The fourth-order valence-electron chi connectivity index (χ4n) is 1.81. The van der Waals surface area contributed by atoms with Gasteiger partial charge < -0.3 is 16.8 Å². The predicted molar refractivity (Wildman–Crippen MR) is 76.7 cm³/mol. The van der Waals surface area contributed by atoms with Gasteiger partial charge in [-0.1, -0.05) is 38.1 Å². The van der Waals surface area contributed by atoms with Gasteiger partial charge in [0.05, 0.1) is 6.04 Å². The molecule has 1 aromatic rings. The lowest BCUT2D eigenvalue weighted by Gasteiger charge is -2.17. The van der Waals surface area contributed by atoms with E-state index in [0.29, 0.717) is 18.0 Å². The number of amides is 1. The smallest absolute Gasteiger partial charge is 0.234 e. The van der Waals surface area contributed by atoms with Gasteiger partial charge in [-0.2, -0.15) is 0 Å². The molecule has 0 radical (unpaired) electrons. The second-order valence-electron chi connectivity index (χ2n) is 5.08. The van der Waals surface area contributed by atoms with Gasteiger partial charge in [-0.15, -0.1) is 0 Å². The van der Waals surface area contributed by atoms with Crippen molar-refractivity contribution in [2.24, 2.45) is 17.4 Å². The maximum Gasteiger partial charge on any atom is 0.234 e. The van der Waals surface area contributed by atoms with E-state index in [2.05, 4.69) is 19.2 Å². The number of hydrogen-bond acceptors (Lipinski definition) is 3. The Hall–Kier alpha value is -1.88.